The number of aromatic nitrogens is 3. The summed E-state index contributed by atoms with van der Waals surface area (Å²) in [7, 11) is 0. The van der Waals surface area contributed by atoms with Crippen LogP contribution < -0.4 is 0 Å². The number of hydrogen-bond donors (Lipinski definition) is 0. The number of rotatable bonds is 5. The predicted octanol–water partition coefficient (Wildman–Crippen LogP) is 3.70. The maximum absolute atomic E-state index is 10.8. The van der Waals surface area contributed by atoms with Gasteiger partial charge in [0.15, 0.2) is 4.34 Å². The third-order valence-electron chi connectivity index (χ3n) is 2.70. The molecular weight excluding hydrogens is 324 g/mol. The van der Waals surface area contributed by atoms with Crippen LogP contribution in [-0.4, -0.2) is 20.0 Å². The first kappa shape index (κ1) is 14.7. The Morgan fingerprint density at radius 1 is 1.41 bits per heavy atom. The van der Waals surface area contributed by atoms with Gasteiger partial charge in [-0.1, -0.05) is 29.1 Å². The summed E-state index contributed by atoms with van der Waals surface area (Å²) < 4.78 is 6.11. The summed E-state index contributed by atoms with van der Waals surface area (Å²) >= 11 is 3.08. The van der Waals surface area contributed by atoms with Gasteiger partial charge in [0.2, 0.25) is 11.7 Å². The molecule has 0 aliphatic rings. The number of nitro benzene ring substituents is 1. The summed E-state index contributed by atoms with van der Waals surface area (Å²) in [5, 5.41) is 16.6. The summed E-state index contributed by atoms with van der Waals surface area (Å²) in [5.41, 5.74) is 1.53. The van der Waals surface area contributed by atoms with E-state index in [1.807, 2.05) is 12.3 Å². The van der Waals surface area contributed by atoms with Crippen molar-refractivity contribution in [3.8, 4) is 11.4 Å². The summed E-state index contributed by atoms with van der Waals surface area (Å²) in [6, 6.07) is 6.15. The lowest BCUT2D eigenvalue weighted by Gasteiger charge is -1.94. The molecule has 3 aromatic rings. The van der Waals surface area contributed by atoms with E-state index in [-0.39, 0.29) is 5.69 Å². The van der Waals surface area contributed by atoms with Gasteiger partial charge < -0.3 is 4.52 Å². The van der Waals surface area contributed by atoms with Crippen LogP contribution in [0.1, 0.15) is 11.6 Å². The third-order valence-corrected chi connectivity index (χ3v) is 4.82. The Balaban J connectivity index is 1.73. The lowest BCUT2D eigenvalue weighted by atomic mass is 10.2. The highest BCUT2D eigenvalue weighted by atomic mass is 32.2. The van der Waals surface area contributed by atoms with E-state index in [2.05, 4.69) is 15.1 Å². The summed E-state index contributed by atoms with van der Waals surface area (Å²) in [6.07, 6.45) is 0. The smallest absolute Gasteiger partial charge is 0.270 e. The summed E-state index contributed by atoms with van der Waals surface area (Å²) in [4.78, 5) is 18.9. The molecule has 0 saturated carbocycles. The number of benzene rings is 1. The van der Waals surface area contributed by atoms with Crippen LogP contribution in [0.4, 0.5) is 5.69 Å². The van der Waals surface area contributed by atoms with Crippen LogP contribution in [0.3, 0.4) is 0 Å². The van der Waals surface area contributed by atoms with Crippen LogP contribution in [0.2, 0.25) is 0 Å². The maximum Gasteiger partial charge on any atom is 0.270 e. The lowest BCUT2D eigenvalue weighted by Crippen LogP contribution is -1.89. The third kappa shape index (κ3) is 3.31. The van der Waals surface area contributed by atoms with Crippen molar-refractivity contribution in [2.75, 3.05) is 0 Å². The number of non-ortho nitro benzene ring substituents is 1. The van der Waals surface area contributed by atoms with E-state index >= 15 is 0 Å². The quantitative estimate of drug-likeness (QED) is 0.399. The summed E-state index contributed by atoms with van der Waals surface area (Å²) in [5.74, 6) is 1.31. The van der Waals surface area contributed by atoms with E-state index in [9.17, 15) is 10.1 Å². The fraction of sp³-hybridized carbons (Fsp3) is 0.154. The predicted molar refractivity (Wildman–Crippen MR) is 82.8 cm³/mol. The summed E-state index contributed by atoms with van der Waals surface area (Å²) in [6.45, 7) is 1.94. The van der Waals surface area contributed by atoms with Gasteiger partial charge in [-0.25, -0.2) is 4.98 Å². The zero-order chi connectivity index (χ0) is 15.5. The minimum atomic E-state index is -0.453. The van der Waals surface area contributed by atoms with Crippen LogP contribution in [0, 0.1) is 17.0 Å². The largest absolute Gasteiger partial charge is 0.338 e. The molecule has 0 spiro atoms. The standard InChI is InChI=1S/C13H10N4O3S2/c1-8-6-21-13(14-8)22-7-11-15-12(16-20-11)9-3-2-4-10(5-9)17(18)19/h2-6H,7H2,1H3. The van der Waals surface area contributed by atoms with E-state index in [4.69, 9.17) is 4.52 Å². The molecule has 112 valence electrons. The van der Waals surface area contributed by atoms with Gasteiger partial charge in [-0.05, 0) is 6.92 Å². The van der Waals surface area contributed by atoms with Gasteiger partial charge in [-0.3, -0.25) is 10.1 Å². The zero-order valence-electron chi connectivity index (χ0n) is 11.4. The van der Waals surface area contributed by atoms with E-state index in [1.165, 1.54) is 23.9 Å². The zero-order valence-corrected chi connectivity index (χ0v) is 13.1. The topological polar surface area (TPSA) is 95.0 Å². The van der Waals surface area contributed by atoms with Gasteiger partial charge in [0.25, 0.3) is 5.69 Å². The Morgan fingerprint density at radius 2 is 2.27 bits per heavy atom. The number of hydrogen-bond acceptors (Lipinski definition) is 8. The normalized spacial score (nSPS) is 10.8. The average Bonchev–Trinajstić information content (AvgIpc) is 3.14. The van der Waals surface area contributed by atoms with Crippen LogP contribution in [0.5, 0.6) is 0 Å². The highest BCUT2D eigenvalue weighted by Gasteiger charge is 2.13. The minimum absolute atomic E-state index is 0.00325. The van der Waals surface area contributed by atoms with Crippen molar-refractivity contribution >= 4 is 28.8 Å². The van der Waals surface area contributed by atoms with E-state index in [0.29, 0.717) is 23.0 Å². The lowest BCUT2D eigenvalue weighted by molar-refractivity contribution is -0.384. The van der Waals surface area contributed by atoms with Gasteiger partial charge in [-0.2, -0.15) is 4.98 Å². The van der Waals surface area contributed by atoms with Crippen molar-refractivity contribution in [1.82, 2.24) is 15.1 Å². The highest BCUT2D eigenvalue weighted by molar-refractivity contribution is 8.00. The second-order valence-corrected chi connectivity index (χ2v) is 6.44. The second-order valence-electron chi connectivity index (χ2n) is 4.36. The Morgan fingerprint density at radius 3 is 3.00 bits per heavy atom. The maximum atomic E-state index is 10.8. The van der Waals surface area contributed by atoms with Crippen molar-refractivity contribution in [2.24, 2.45) is 0 Å². The fourth-order valence-corrected chi connectivity index (χ4v) is 3.40. The monoisotopic (exact) mass is 334 g/mol. The molecule has 0 unspecified atom stereocenters. The van der Waals surface area contributed by atoms with Crippen LogP contribution in [0.15, 0.2) is 38.5 Å². The molecule has 7 nitrogen and oxygen atoms in total. The fourth-order valence-electron chi connectivity index (χ4n) is 1.71. The van der Waals surface area contributed by atoms with E-state index in [0.717, 1.165) is 10.0 Å². The van der Waals surface area contributed by atoms with E-state index < -0.39 is 4.92 Å². The molecule has 0 aliphatic carbocycles. The SMILES string of the molecule is Cc1csc(SCc2nc(-c3cccc([N+](=O)[O-])c3)no2)n1. The van der Waals surface area contributed by atoms with Crippen molar-refractivity contribution < 1.29 is 9.45 Å². The first-order valence-corrected chi connectivity index (χ1v) is 8.10. The molecule has 22 heavy (non-hydrogen) atoms. The van der Waals surface area contributed by atoms with Crippen LogP contribution in [-0.2, 0) is 5.75 Å². The van der Waals surface area contributed by atoms with E-state index in [1.54, 1.807) is 23.5 Å². The molecule has 2 heterocycles. The first-order valence-electron chi connectivity index (χ1n) is 6.24. The molecule has 0 saturated heterocycles. The van der Waals surface area contributed by atoms with Gasteiger partial charge in [0.1, 0.15) is 0 Å². The molecule has 0 aliphatic heterocycles. The number of nitrogens with zero attached hydrogens (tertiary/aromatic N) is 4. The number of aryl methyl sites for hydroxylation is 1. The molecular formula is C13H10N4O3S2. The molecule has 0 bridgehead atoms. The van der Waals surface area contributed by atoms with Crippen LogP contribution >= 0.6 is 23.1 Å². The van der Waals surface area contributed by atoms with Gasteiger partial charge in [0.05, 0.1) is 10.7 Å². The number of thiazole rings is 1. The van der Waals surface area contributed by atoms with Crippen molar-refractivity contribution in [3.63, 3.8) is 0 Å². The molecule has 0 N–H and O–H groups in total. The van der Waals surface area contributed by atoms with Gasteiger partial charge >= 0.3 is 0 Å². The first-order chi connectivity index (χ1) is 10.6. The molecule has 0 atom stereocenters. The molecule has 3 rings (SSSR count). The molecule has 1 aromatic carbocycles. The Bertz CT molecular complexity index is 815. The molecule has 2 aromatic heterocycles. The van der Waals surface area contributed by atoms with Crippen LogP contribution in [0.25, 0.3) is 11.4 Å². The van der Waals surface area contributed by atoms with Crippen molar-refractivity contribution in [1.29, 1.82) is 0 Å². The van der Waals surface area contributed by atoms with Gasteiger partial charge in [-0.15, -0.1) is 11.3 Å². The molecule has 0 fully saturated rings. The van der Waals surface area contributed by atoms with Gasteiger partial charge in [0, 0.05) is 28.8 Å². The highest BCUT2D eigenvalue weighted by Crippen LogP contribution is 2.27. The number of thioether (sulfide) groups is 1. The molecule has 0 radical (unpaired) electrons. The molecule has 9 heteroatoms. The van der Waals surface area contributed by atoms with Crippen molar-refractivity contribution in [2.45, 2.75) is 17.0 Å². The Kier molecular flexibility index (Phi) is 4.16. The Hall–Kier alpha value is -2.26. The Labute approximate surface area is 133 Å². The minimum Gasteiger partial charge on any atom is -0.338 e. The number of nitro groups is 1. The second kappa shape index (κ2) is 6.24. The molecule has 0 amide bonds. The van der Waals surface area contributed by atoms with Crippen molar-refractivity contribution in [3.05, 3.63) is 51.3 Å². The average molecular weight is 334 g/mol.